The van der Waals surface area contributed by atoms with Crippen LogP contribution in [0, 0.1) is 0 Å². The summed E-state index contributed by atoms with van der Waals surface area (Å²) in [5.41, 5.74) is 7.39. The number of nitrogens with two attached hydrogens (primary N) is 1. The van der Waals surface area contributed by atoms with Gasteiger partial charge in [-0.15, -0.1) is 0 Å². The highest BCUT2D eigenvalue weighted by molar-refractivity contribution is 5.42. The van der Waals surface area contributed by atoms with Gasteiger partial charge in [-0.05, 0) is 40.1 Å². The quantitative estimate of drug-likeness (QED) is 0.830. The SMILES string of the molecule is CNC(c1cccnc1N)C1(N(C)C)CCCCCC1. The van der Waals surface area contributed by atoms with Gasteiger partial charge in [-0.3, -0.25) is 0 Å². The second-order valence-electron chi connectivity index (χ2n) is 6.11. The highest BCUT2D eigenvalue weighted by Gasteiger charge is 2.41. The smallest absolute Gasteiger partial charge is 0.128 e. The summed E-state index contributed by atoms with van der Waals surface area (Å²) in [6, 6.07) is 4.32. The second-order valence-corrected chi connectivity index (χ2v) is 6.11. The second kappa shape index (κ2) is 6.55. The Morgan fingerprint density at radius 3 is 2.40 bits per heavy atom. The van der Waals surface area contributed by atoms with Crippen LogP contribution in [0.15, 0.2) is 18.3 Å². The summed E-state index contributed by atoms with van der Waals surface area (Å²) in [5, 5.41) is 3.52. The molecule has 1 unspecified atom stereocenters. The van der Waals surface area contributed by atoms with Crippen molar-refractivity contribution in [3.8, 4) is 0 Å². The Balaban J connectivity index is 2.42. The Kier molecular flexibility index (Phi) is 5.00. The fourth-order valence-electron chi connectivity index (χ4n) is 3.72. The molecule has 1 aromatic heterocycles. The predicted molar refractivity (Wildman–Crippen MR) is 84.6 cm³/mol. The molecule has 0 amide bonds. The average Bonchev–Trinajstić information content (AvgIpc) is 2.69. The van der Waals surface area contributed by atoms with Crippen molar-refractivity contribution in [3.63, 3.8) is 0 Å². The lowest BCUT2D eigenvalue weighted by Crippen LogP contribution is -2.53. The van der Waals surface area contributed by atoms with Crippen molar-refractivity contribution >= 4 is 5.82 Å². The minimum atomic E-state index is 0.127. The van der Waals surface area contributed by atoms with Crippen LogP contribution in [0.1, 0.15) is 50.1 Å². The first-order valence-corrected chi connectivity index (χ1v) is 7.67. The number of nitrogens with one attached hydrogen (secondary N) is 1. The number of nitrogen functional groups attached to an aromatic ring is 1. The minimum absolute atomic E-state index is 0.127. The molecule has 112 valence electrons. The van der Waals surface area contributed by atoms with Crippen molar-refractivity contribution in [2.24, 2.45) is 0 Å². The Labute approximate surface area is 122 Å². The zero-order valence-electron chi connectivity index (χ0n) is 13.0. The minimum Gasteiger partial charge on any atom is -0.383 e. The fourth-order valence-corrected chi connectivity index (χ4v) is 3.72. The van der Waals surface area contributed by atoms with E-state index in [9.17, 15) is 0 Å². The monoisotopic (exact) mass is 276 g/mol. The van der Waals surface area contributed by atoms with Crippen molar-refractivity contribution < 1.29 is 0 Å². The van der Waals surface area contributed by atoms with Crippen molar-refractivity contribution in [3.05, 3.63) is 23.9 Å². The summed E-state index contributed by atoms with van der Waals surface area (Å²) in [6.07, 6.45) is 9.44. The molecular weight excluding hydrogens is 248 g/mol. The molecule has 0 saturated heterocycles. The van der Waals surface area contributed by atoms with Gasteiger partial charge in [0.05, 0.1) is 6.04 Å². The molecule has 1 aliphatic rings. The molecule has 3 N–H and O–H groups in total. The summed E-state index contributed by atoms with van der Waals surface area (Å²) in [4.78, 5) is 6.67. The third-order valence-electron chi connectivity index (χ3n) is 4.87. The first kappa shape index (κ1) is 15.3. The molecule has 4 heteroatoms. The van der Waals surface area contributed by atoms with Gasteiger partial charge in [0.15, 0.2) is 0 Å². The normalized spacial score (nSPS) is 20.6. The van der Waals surface area contributed by atoms with Crippen LogP contribution in [-0.4, -0.2) is 36.6 Å². The van der Waals surface area contributed by atoms with Gasteiger partial charge in [0.1, 0.15) is 5.82 Å². The molecule has 1 heterocycles. The van der Waals surface area contributed by atoms with E-state index in [-0.39, 0.29) is 11.6 Å². The molecule has 20 heavy (non-hydrogen) atoms. The van der Waals surface area contributed by atoms with E-state index in [1.54, 1.807) is 6.20 Å². The molecular formula is C16H28N4. The molecule has 1 atom stereocenters. The van der Waals surface area contributed by atoms with Crippen LogP contribution in [0.2, 0.25) is 0 Å². The molecule has 1 fully saturated rings. The summed E-state index contributed by atoms with van der Waals surface area (Å²) in [7, 11) is 6.43. The van der Waals surface area contributed by atoms with Crippen LogP contribution in [0.25, 0.3) is 0 Å². The van der Waals surface area contributed by atoms with Crippen molar-refractivity contribution in [2.45, 2.75) is 50.1 Å². The van der Waals surface area contributed by atoms with E-state index in [0.717, 1.165) is 5.56 Å². The molecule has 2 rings (SSSR count). The van der Waals surface area contributed by atoms with Crippen molar-refractivity contribution in [1.29, 1.82) is 0 Å². The Morgan fingerprint density at radius 1 is 1.25 bits per heavy atom. The first-order chi connectivity index (χ1) is 9.62. The maximum Gasteiger partial charge on any atom is 0.128 e. The number of hydrogen-bond donors (Lipinski definition) is 2. The largest absolute Gasteiger partial charge is 0.383 e. The third-order valence-corrected chi connectivity index (χ3v) is 4.87. The first-order valence-electron chi connectivity index (χ1n) is 7.67. The Morgan fingerprint density at radius 2 is 1.90 bits per heavy atom. The summed E-state index contributed by atoms with van der Waals surface area (Å²) >= 11 is 0. The van der Waals surface area contributed by atoms with Gasteiger partial charge in [0.2, 0.25) is 0 Å². The highest BCUT2D eigenvalue weighted by Crippen LogP contribution is 2.41. The van der Waals surface area contributed by atoms with Gasteiger partial charge in [0, 0.05) is 17.3 Å². The number of nitrogens with zero attached hydrogens (tertiary/aromatic N) is 2. The summed E-state index contributed by atoms with van der Waals surface area (Å²) < 4.78 is 0. The van der Waals surface area contributed by atoms with Crippen LogP contribution in [0.4, 0.5) is 5.82 Å². The zero-order valence-corrected chi connectivity index (χ0v) is 13.0. The lowest BCUT2D eigenvalue weighted by molar-refractivity contribution is 0.0836. The Bertz CT molecular complexity index is 422. The van der Waals surface area contributed by atoms with Gasteiger partial charge < -0.3 is 16.0 Å². The topological polar surface area (TPSA) is 54.2 Å². The number of pyridine rings is 1. The molecule has 0 aliphatic heterocycles. The summed E-state index contributed by atoms with van der Waals surface area (Å²) in [6.45, 7) is 0. The van der Waals surface area contributed by atoms with E-state index in [0.29, 0.717) is 5.82 Å². The van der Waals surface area contributed by atoms with E-state index in [1.807, 2.05) is 13.1 Å². The maximum absolute atomic E-state index is 6.13. The molecule has 1 saturated carbocycles. The van der Waals surface area contributed by atoms with E-state index < -0.39 is 0 Å². The van der Waals surface area contributed by atoms with Crippen LogP contribution >= 0.6 is 0 Å². The fraction of sp³-hybridized carbons (Fsp3) is 0.688. The summed E-state index contributed by atoms with van der Waals surface area (Å²) in [5.74, 6) is 0.650. The van der Waals surface area contributed by atoms with Gasteiger partial charge in [-0.25, -0.2) is 4.98 Å². The van der Waals surface area contributed by atoms with Gasteiger partial charge >= 0.3 is 0 Å². The number of rotatable bonds is 4. The number of likely N-dealkylation sites (N-methyl/N-ethyl adjacent to an activating group) is 2. The molecule has 1 aliphatic carbocycles. The zero-order chi connectivity index (χ0) is 14.6. The molecule has 0 bridgehead atoms. The van der Waals surface area contributed by atoms with Gasteiger partial charge in [-0.2, -0.15) is 0 Å². The maximum atomic E-state index is 6.13. The molecule has 1 aromatic rings. The van der Waals surface area contributed by atoms with E-state index in [4.69, 9.17) is 5.73 Å². The standard InChI is InChI=1S/C16H28N4/c1-18-14(13-9-8-12-19-15(13)17)16(20(2)3)10-6-4-5-7-11-16/h8-9,12,14,18H,4-7,10-11H2,1-3H3,(H2,17,19). The number of aromatic nitrogens is 1. The number of anilines is 1. The van der Waals surface area contributed by atoms with Crippen molar-refractivity contribution in [2.75, 3.05) is 26.9 Å². The van der Waals surface area contributed by atoms with E-state index in [1.165, 1.54) is 38.5 Å². The van der Waals surface area contributed by atoms with Gasteiger partial charge in [0.25, 0.3) is 0 Å². The van der Waals surface area contributed by atoms with E-state index in [2.05, 4.69) is 35.4 Å². The van der Waals surface area contributed by atoms with Crippen LogP contribution < -0.4 is 11.1 Å². The lowest BCUT2D eigenvalue weighted by Gasteiger charge is -2.46. The lowest BCUT2D eigenvalue weighted by atomic mass is 9.78. The van der Waals surface area contributed by atoms with E-state index >= 15 is 0 Å². The van der Waals surface area contributed by atoms with Crippen molar-refractivity contribution in [1.82, 2.24) is 15.2 Å². The van der Waals surface area contributed by atoms with Crippen LogP contribution in [0.3, 0.4) is 0 Å². The molecule has 0 radical (unpaired) electrons. The molecule has 0 aromatic carbocycles. The number of hydrogen-bond acceptors (Lipinski definition) is 4. The predicted octanol–water partition coefficient (Wildman–Crippen LogP) is 2.58. The third kappa shape index (κ3) is 2.81. The average molecular weight is 276 g/mol. The highest BCUT2D eigenvalue weighted by atomic mass is 15.2. The Hall–Kier alpha value is -1.13. The van der Waals surface area contributed by atoms with Gasteiger partial charge in [-0.1, -0.05) is 31.7 Å². The van der Waals surface area contributed by atoms with Crippen LogP contribution in [-0.2, 0) is 0 Å². The molecule has 0 spiro atoms. The van der Waals surface area contributed by atoms with Crippen LogP contribution in [0.5, 0.6) is 0 Å². The molecule has 4 nitrogen and oxygen atoms in total.